The summed E-state index contributed by atoms with van der Waals surface area (Å²) in [5.74, 6) is 1.13. The van der Waals surface area contributed by atoms with E-state index in [0.717, 1.165) is 54.8 Å². The molecule has 3 heterocycles. The molecule has 0 atom stereocenters. The lowest BCUT2D eigenvalue weighted by atomic mass is 9.89. The molecule has 38 heavy (non-hydrogen) atoms. The molecule has 4 aromatic rings. The monoisotopic (exact) mass is 537 g/mol. The molecule has 0 N–H and O–H groups in total. The van der Waals surface area contributed by atoms with Crippen molar-refractivity contribution in [3.63, 3.8) is 0 Å². The van der Waals surface area contributed by atoms with E-state index in [1.165, 1.54) is 12.1 Å². The number of hydrogen-bond donors (Lipinski definition) is 0. The van der Waals surface area contributed by atoms with Crippen LogP contribution >= 0.6 is 12.4 Å². The summed E-state index contributed by atoms with van der Waals surface area (Å²) in [6.07, 6.45) is 1.52. The van der Waals surface area contributed by atoms with Crippen molar-refractivity contribution in [1.29, 1.82) is 0 Å². The van der Waals surface area contributed by atoms with Gasteiger partial charge in [-0.3, -0.25) is 13.9 Å². The number of para-hydroxylation sites is 2. The number of Topliss-reactive ketones (excluding diaryl/α,β-unsaturated/α-hetero) is 1. The SMILES string of the molecule is Cl.O=C(c1ccc(F)cc1)C1CCN(CCn2c(=O)n(Cc3ccc4c(c3)OCO4)c3ccccc32)CC1. The third-order valence-corrected chi connectivity index (χ3v) is 7.43. The lowest BCUT2D eigenvalue weighted by molar-refractivity contribution is 0.0837. The largest absolute Gasteiger partial charge is 0.454 e. The number of carbonyl (C=O) groups excluding carboxylic acids is 1. The number of ketones is 1. The number of aromatic nitrogens is 2. The van der Waals surface area contributed by atoms with Gasteiger partial charge in [-0.1, -0.05) is 18.2 Å². The summed E-state index contributed by atoms with van der Waals surface area (Å²) in [6.45, 7) is 3.55. The van der Waals surface area contributed by atoms with Crippen molar-refractivity contribution in [1.82, 2.24) is 14.0 Å². The zero-order valence-electron chi connectivity index (χ0n) is 20.8. The highest BCUT2D eigenvalue weighted by Gasteiger charge is 2.26. The molecule has 1 saturated heterocycles. The van der Waals surface area contributed by atoms with Crippen molar-refractivity contribution in [2.24, 2.45) is 5.92 Å². The van der Waals surface area contributed by atoms with Gasteiger partial charge >= 0.3 is 5.69 Å². The normalized spacial score (nSPS) is 15.5. The van der Waals surface area contributed by atoms with E-state index in [9.17, 15) is 14.0 Å². The smallest absolute Gasteiger partial charge is 0.329 e. The fourth-order valence-electron chi connectivity index (χ4n) is 5.37. The number of fused-ring (bicyclic) bond motifs is 2. The summed E-state index contributed by atoms with van der Waals surface area (Å²) in [5.41, 5.74) is 3.31. The molecule has 3 aromatic carbocycles. The fraction of sp³-hybridized carbons (Fsp3) is 0.310. The number of ether oxygens (including phenoxy) is 2. The van der Waals surface area contributed by atoms with Crippen LogP contribution in [0.3, 0.4) is 0 Å². The van der Waals surface area contributed by atoms with Crippen LogP contribution in [0.2, 0.25) is 0 Å². The van der Waals surface area contributed by atoms with Crippen molar-refractivity contribution < 1.29 is 18.7 Å². The zero-order chi connectivity index (χ0) is 25.4. The minimum atomic E-state index is -0.334. The summed E-state index contributed by atoms with van der Waals surface area (Å²) >= 11 is 0. The Morgan fingerprint density at radius 3 is 2.29 bits per heavy atom. The highest BCUT2D eigenvalue weighted by atomic mass is 35.5. The van der Waals surface area contributed by atoms with Crippen LogP contribution in [0.1, 0.15) is 28.8 Å². The Bertz CT molecular complexity index is 1510. The Kier molecular flexibility index (Phi) is 7.53. The third kappa shape index (κ3) is 5.06. The average Bonchev–Trinajstić information content (AvgIpc) is 3.50. The van der Waals surface area contributed by atoms with E-state index in [-0.39, 0.29) is 42.4 Å². The number of carbonyl (C=O) groups is 1. The van der Waals surface area contributed by atoms with Gasteiger partial charge in [0.1, 0.15) is 5.82 Å². The van der Waals surface area contributed by atoms with Crippen LogP contribution in [0.15, 0.2) is 71.5 Å². The van der Waals surface area contributed by atoms with E-state index < -0.39 is 0 Å². The summed E-state index contributed by atoms with van der Waals surface area (Å²) in [4.78, 5) is 28.6. The second-order valence-corrected chi connectivity index (χ2v) is 9.68. The summed E-state index contributed by atoms with van der Waals surface area (Å²) in [6, 6.07) is 19.4. The molecule has 6 rings (SSSR count). The van der Waals surface area contributed by atoms with E-state index in [1.807, 2.05) is 47.0 Å². The number of benzene rings is 3. The van der Waals surface area contributed by atoms with E-state index in [0.29, 0.717) is 24.4 Å². The Balaban J connectivity index is 0.00000294. The van der Waals surface area contributed by atoms with Gasteiger partial charge in [0, 0.05) is 24.6 Å². The number of rotatable bonds is 7. The number of piperidine rings is 1. The van der Waals surface area contributed by atoms with Gasteiger partial charge in [0.15, 0.2) is 17.3 Å². The molecule has 0 bridgehead atoms. The molecule has 2 aliphatic rings. The lowest BCUT2D eigenvalue weighted by Gasteiger charge is -2.31. The molecular weight excluding hydrogens is 509 g/mol. The molecular formula is C29H29ClFN3O4. The zero-order valence-corrected chi connectivity index (χ0v) is 21.7. The average molecular weight is 538 g/mol. The Morgan fingerprint density at radius 2 is 1.55 bits per heavy atom. The Hall–Kier alpha value is -3.62. The summed E-state index contributed by atoms with van der Waals surface area (Å²) in [5, 5.41) is 0. The first kappa shape index (κ1) is 26.0. The predicted octanol–water partition coefficient (Wildman–Crippen LogP) is 4.74. The first-order valence-electron chi connectivity index (χ1n) is 12.7. The molecule has 0 amide bonds. The maximum atomic E-state index is 13.5. The standard InChI is InChI=1S/C29H28FN3O4.ClH/c30-23-8-6-21(7-9-23)28(34)22-11-13-31(14-12-22)15-16-32-24-3-1-2-4-25(24)33(29(32)35)18-20-5-10-26-27(17-20)37-19-36-26;/h1-10,17,22H,11-16,18-19H2;1H. The van der Waals surface area contributed by atoms with E-state index in [2.05, 4.69) is 4.90 Å². The molecule has 0 spiro atoms. The second kappa shape index (κ2) is 11.0. The second-order valence-electron chi connectivity index (χ2n) is 9.68. The minimum absolute atomic E-state index is 0. The van der Waals surface area contributed by atoms with Gasteiger partial charge in [-0.15, -0.1) is 12.4 Å². The summed E-state index contributed by atoms with van der Waals surface area (Å²) in [7, 11) is 0. The quantitative estimate of drug-likeness (QED) is 0.319. The highest BCUT2D eigenvalue weighted by Crippen LogP contribution is 2.33. The van der Waals surface area contributed by atoms with Gasteiger partial charge in [-0.2, -0.15) is 0 Å². The van der Waals surface area contributed by atoms with Crippen LogP contribution in [-0.2, 0) is 13.1 Å². The molecule has 7 nitrogen and oxygen atoms in total. The summed E-state index contributed by atoms with van der Waals surface area (Å²) < 4.78 is 27.8. The number of hydrogen-bond acceptors (Lipinski definition) is 5. The number of imidazole rings is 1. The lowest BCUT2D eigenvalue weighted by Crippen LogP contribution is -2.39. The van der Waals surface area contributed by atoms with Crippen molar-refractivity contribution in [3.8, 4) is 11.5 Å². The van der Waals surface area contributed by atoms with Crippen LogP contribution in [0.4, 0.5) is 4.39 Å². The maximum Gasteiger partial charge on any atom is 0.329 e. The Labute approximate surface area is 225 Å². The van der Waals surface area contributed by atoms with Gasteiger partial charge in [0.05, 0.1) is 17.6 Å². The van der Waals surface area contributed by atoms with E-state index in [1.54, 1.807) is 16.7 Å². The van der Waals surface area contributed by atoms with Crippen molar-refractivity contribution in [2.75, 3.05) is 26.4 Å². The number of halogens is 2. The van der Waals surface area contributed by atoms with Crippen molar-refractivity contribution in [3.05, 3.63) is 94.2 Å². The first-order chi connectivity index (χ1) is 18.1. The number of nitrogens with zero attached hydrogens (tertiary/aromatic N) is 3. The molecule has 0 radical (unpaired) electrons. The van der Waals surface area contributed by atoms with E-state index >= 15 is 0 Å². The molecule has 0 saturated carbocycles. The van der Waals surface area contributed by atoms with Crippen LogP contribution in [0.25, 0.3) is 11.0 Å². The van der Waals surface area contributed by atoms with E-state index in [4.69, 9.17) is 9.47 Å². The van der Waals surface area contributed by atoms with Gasteiger partial charge in [0.2, 0.25) is 6.79 Å². The minimum Gasteiger partial charge on any atom is -0.454 e. The predicted molar refractivity (Wildman–Crippen MR) is 145 cm³/mol. The van der Waals surface area contributed by atoms with Gasteiger partial charge in [-0.25, -0.2) is 9.18 Å². The van der Waals surface area contributed by atoms with Crippen LogP contribution in [0, 0.1) is 11.7 Å². The molecule has 198 valence electrons. The fourth-order valence-corrected chi connectivity index (χ4v) is 5.37. The van der Waals surface area contributed by atoms with Gasteiger partial charge < -0.3 is 14.4 Å². The van der Waals surface area contributed by atoms with Gasteiger partial charge in [-0.05, 0) is 80.0 Å². The molecule has 9 heteroatoms. The maximum absolute atomic E-state index is 13.5. The van der Waals surface area contributed by atoms with Gasteiger partial charge in [0.25, 0.3) is 0 Å². The number of likely N-dealkylation sites (tertiary alicyclic amines) is 1. The molecule has 0 unspecified atom stereocenters. The molecule has 2 aliphatic heterocycles. The first-order valence-corrected chi connectivity index (χ1v) is 12.7. The Morgan fingerprint density at radius 1 is 0.868 bits per heavy atom. The molecule has 0 aliphatic carbocycles. The molecule has 1 fully saturated rings. The van der Waals surface area contributed by atoms with Crippen LogP contribution in [0.5, 0.6) is 11.5 Å². The van der Waals surface area contributed by atoms with Crippen LogP contribution < -0.4 is 15.2 Å². The topological polar surface area (TPSA) is 65.7 Å². The molecule has 1 aromatic heterocycles. The highest BCUT2D eigenvalue weighted by molar-refractivity contribution is 5.97. The van der Waals surface area contributed by atoms with Crippen molar-refractivity contribution >= 4 is 29.2 Å². The van der Waals surface area contributed by atoms with Crippen molar-refractivity contribution in [2.45, 2.75) is 25.9 Å². The third-order valence-electron chi connectivity index (χ3n) is 7.43. The van der Waals surface area contributed by atoms with Crippen LogP contribution in [-0.4, -0.2) is 46.2 Å².